The van der Waals surface area contributed by atoms with Crippen molar-refractivity contribution < 1.29 is 14.7 Å². The van der Waals surface area contributed by atoms with Crippen LogP contribution in [0.3, 0.4) is 0 Å². The van der Waals surface area contributed by atoms with Gasteiger partial charge in [0.05, 0.1) is 5.92 Å². The average molecular weight is 256 g/mol. The molecule has 1 aromatic carbocycles. The minimum atomic E-state index is -0.941. The Morgan fingerprint density at radius 2 is 2.00 bits per heavy atom. The van der Waals surface area contributed by atoms with Crippen LogP contribution in [0.2, 0.25) is 5.02 Å². The van der Waals surface area contributed by atoms with Crippen LogP contribution in [0.5, 0.6) is 0 Å². The van der Waals surface area contributed by atoms with E-state index in [4.69, 9.17) is 16.7 Å². The first-order valence-electron chi connectivity index (χ1n) is 5.21. The predicted octanol–water partition coefficient (Wildman–Crippen LogP) is 2.18. The number of benzene rings is 1. The van der Waals surface area contributed by atoms with Crippen LogP contribution in [0.1, 0.15) is 24.2 Å². The zero-order valence-corrected chi connectivity index (χ0v) is 10.4. The van der Waals surface area contributed by atoms with Gasteiger partial charge in [0.15, 0.2) is 0 Å². The number of carboxylic acid groups (broad SMARTS) is 1. The van der Waals surface area contributed by atoms with Gasteiger partial charge in [0.25, 0.3) is 5.91 Å². The van der Waals surface area contributed by atoms with E-state index in [2.05, 4.69) is 5.32 Å². The maximum atomic E-state index is 11.8. The Balaban J connectivity index is 2.70. The van der Waals surface area contributed by atoms with Gasteiger partial charge >= 0.3 is 5.97 Å². The quantitative estimate of drug-likeness (QED) is 0.867. The average Bonchev–Trinajstić information content (AvgIpc) is 2.27. The highest BCUT2D eigenvalue weighted by Gasteiger charge is 2.21. The van der Waals surface area contributed by atoms with Gasteiger partial charge in [-0.15, -0.1) is 0 Å². The van der Waals surface area contributed by atoms with Crippen molar-refractivity contribution in [2.45, 2.75) is 19.9 Å². The Morgan fingerprint density at radius 3 is 2.53 bits per heavy atom. The second-order valence-electron chi connectivity index (χ2n) is 3.90. The van der Waals surface area contributed by atoms with E-state index in [-0.39, 0.29) is 5.91 Å². The SMILES string of the molecule is CC(NC(=O)c1cccc(Cl)c1)C(C)C(=O)O. The van der Waals surface area contributed by atoms with Gasteiger partial charge in [0, 0.05) is 16.6 Å². The Hall–Kier alpha value is -1.55. The number of aliphatic carboxylic acids is 1. The summed E-state index contributed by atoms with van der Waals surface area (Å²) in [6.45, 7) is 3.20. The number of rotatable bonds is 4. The lowest BCUT2D eigenvalue weighted by atomic mass is 10.0. The van der Waals surface area contributed by atoms with E-state index in [0.717, 1.165) is 0 Å². The van der Waals surface area contributed by atoms with Crippen LogP contribution in [0.25, 0.3) is 0 Å². The van der Waals surface area contributed by atoms with Crippen LogP contribution in [0.4, 0.5) is 0 Å². The number of carbonyl (C=O) groups excluding carboxylic acids is 1. The Bertz CT molecular complexity index is 434. The highest BCUT2D eigenvalue weighted by Crippen LogP contribution is 2.11. The summed E-state index contributed by atoms with van der Waals surface area (Å²) >= 11 is 5.76. The fraction of sp³-hybridized carbons (Fsp3) is 0.333. The fourth-order valence-electron chi connectivity index (χ4n) is 1.26. The van der Waals surface area contributed by atoms with Gasteiger partial charge in [-0.1, -0.05) is 17.7 Å². The molecule has 17 heavy (non-hydrogen) atoms. The lowest BCUT2D eigenvalue weighted by Crippen LogP contribution is -2.40. The normalized spacial score (nSPS) is 13.8. The first-order valence-corrected chi connectivity index (χ1v) is 5.59. The second-order valence-corrected chi connectivity index (χ2v) is 4.34. The molecule has 1 rings (SSSR count). The van der Waals surface area contributed by atoms with Crippen LogP contribution >= 0.6 is 11.6 Å². The number of hydrogen-bond donors (Lipinski definition) is 2. The Labute approximate surface area is 105 Å². The topological polar surface area (TPSA) is 66.4 Å². The zero-order valence-electron chi connectivity index (χ0n) is 9.61. The van der Waals surface area contributed by atoms with E-state index in [1.54, 1.807) is 32.0 Å². The highest BCUT2D eigenvalue weighted by molar-refractivity contribution is 6.30. The van der Waals surface area contributed by atoms with Gasteiger partial charge in [0.1, 0.15) is 0 Å². The molecule has 92 valence electrons. The van der Waals surface area contributed by atoms with E-state index in [0.29, 0.717) is 10.6 Å². The molecule has 1 amide bonds. The van der Waals surface area contributed by atoms with Crippen molar-refractivity contribution >= 4 is 23.5 Å². The lowest BCUT2D eigenvalue weighted by molar-refractivity contribution is -0.141. The minimum absolute atomic E-state index is 0.326. The molecule has 0 aliphatic rings. The van der Waals surface area contributed by atoms with Gasteiger partial charge in [-0.2, -0.15) is 0 Å². The summed E-state index contributed by atoms with van der Waals surface area (Å²) in [6, 6.07) is 6.05. The molecule has 0 saturated heterocycles. The van der Waals surface area contributed by atoms with E-state index in [1.165, 1.54) is 6.07 Å². The van der Waals surface area contributed by atoms with Crippen LogP contribution in [-0.2, 0) is 4.79 Å². The summed E-state index contributed by atoms with van der Waals surface area (Å²) in [5.74, 6) is -1.91. The molecule has 0 saturated carbocycles. The summed E-state index contributed by atoms with van der Waals surface area (Å²) in [7, 11) is 0. The van der Waals surface area contributed by atoms with Crippen molar-refractivity contribution in [2.24, 2.45) is 5.92 Å². The fourth-order valence-corrected chi connectivity index (χ4v) is 1.45. The van der Waals surface area contributed by atoms with E-state index >= 15 is 0 Å². The summed E-state index contributed by atoms with van der Waals surface area (Å²) in [6.07, 6.45) is 0. The van der Waals surface area contributed by atoms with E-state index in [9.17, 15) is 9.59 Å². The maximum Gasteiger partial charge on any atom is 0.308 e. The number of nitrogens with one attached hydrogen (secondary N) is 1. The summed E-state index contributed by atoms with van der Waals surface area (Å²) in [4.78, 5) is 22.5. The van der Waals surface area contributed by atoms with E-state index < -0.39 is 17.9 Å². The molecule has 1 aromatic rings. The molecule has 0 aliphatic heterocycles. The van der Waals surface area contributed by atoms with Crippen molar-refractivity contribution in [2.75, 3.05) is 0 Å². The number of carboxylic acids is 1. The minimum Gasteiger partial charge on any atom is -0.481 e. The molecule has 0 aliphatic carbocycles. The number of hydrogen-bond acceptors (Lipinski definition) is 2. The summed E-state index contributed by atoms with van der Waals surface area (Å²) < 4.78 is 0. The molecule has 0 bridgehead atoms. The largest absolute Gasteiger partial charge is 0.481 e. The Kier molecular flexibility index (Phi) is 4.52. The van der Waals surface area contributed by atoms with Gasteiger partial charge < -0.3 is 10.4 Å². The first-order chi connectivity index (χ1) is 7.91. The molecule has 0 fully saturated rings. The van der Waals surface area contributed by atoms with Gasteiger partial charge in [0.2, 0.25) is 0 Å². The molecule has 0 aromatic heterocycles. The summed E-state index contributed by atoms with van der Waals surface area (Å²) in [5.41, 5.74) is 0.418. The third kappa shape index (κ3) is 3.75. The molecule has 0 spiro atoms. The van der Waals surface area contributed by atoms with Gasteiger partial charge in [-0.25, -0.2) is 0 Å². The van der Waals surface area contributed by atoms with Crippen molar-refractivity contribution in [3.05, 3.63) is 34.9 Å². The molecule has 2 N–H and O–H groups in total. The highest BCUT2D eigenvalue weighted by atomic mass is 35.5. The van der Waals surface area contributed by atoms with Crippen LogP contribution in [-0.4, -0.2) is 23.0 Å². The first kappa shape index (κ1) is 13.5. The smallest absolute Gasteiger partial charge is 0.308 e. The van der Waals surface area contributed by atoms with Gasteiger partial charge in [-0.05, 0) is 32.0 Å². The number of amides is 1. The van der Waals surface area contributed by atoms with Crippen molar-refractivity contribution in [1.82, 2.24) is 5.32 Å². The van der Waals surface area contributed by atoms with E-state index in [1.807, 2.05) is 0 Å². The standard InChI is InChI=1S/C12H14ClNO3/c1-7(12(16)17)8(2)14-11(15)9-4-3-5-10(13)6-9/h3-8H,1-2H3,(H,14,15)(H,16,17). The van der Waals surface area contributed by atoms with Crippen LogP contribution in [0, 0.1) is 5.92 Å². The van der Waals surface area contributed by atoms with Gasteiger partial charge in [-0.3, -0.25) is 9.59 Å². The van der Waals surface area contributed by atoms with Crippen molar-refractivity contribution in [3.8, 4) is 0 Å². The molecule has 4 nitrogen and oxygen atoms in total. The number of halogens is 1. The third-order valence-corrected chi connectivity index (χ3v) is 2.82. The molecule has 2 atom stereocenters. The third-order valence-electron chi connectivity index (χ3n) is 2.59. The summed E-state index contributed by atoms with van der Waals surface area (Å²) in [5, 5.41) is 11.9. The zero-order chi connectivity index (χ0) is 13.0. The van der Waals surface area contributed by atoms with Crippen molar-refractivity contribution in [3.63, 3.8) is 0 Å². The monoisotopic (exact) mass is 255 g/mol. The van der Waals surface area contributed by atoms with Crippen molar-refractivity contribution in [1.29, 1.82) is 0 Å². The lowest BCUT2D eigenvalue weighted by Gasteiger charge is -2.17. The molecule has 2 unspecified atom stereocenters. The maximum absolute atomic E-state index is 11.8. The Morgan fingerprint density at radius 1 is 1.35 bits per heavy atom. The molecule has 0 heterocycles. The van der Waals surface area contributed by atoms with Crippen LogP contribution < -0.4 is 5.32 Å². The molecular weight excluding hydrogens is 242 g/mol. The molecular formula is C12H14ClNO3. The second kappa shape index (κ2) is 5.68. The molecule has 5 heteroatoms. The predicted molar refractivity (Wildman–Crippen MR) is 65.2 cm³/mol. The molecule has 0 radical (unpaired) electrons. The van der Waals surface area contributed by atoms with Crippen LogP contribution in [0.15, 0.2) is 24.3 Å². The number of carbonyl (C=O) groups is 2.